The van der Waals surface area contributed by atoms with E-state index in [2.05, 4.69) is 0 Å². The molecule has 1 aromatic carbocycles. The van der Waals surface area contributed by atoms with Crippen LogP contribution in [0.3, 0.4) is 0 Å². The minimum atomic E-state index is -0.603. The molecule has 0 fully saturated rings. The van der Waals surface area contributed by atoms with E-state index >= 15 is 0 Å². The Hall–Kier alpha value is -0.420. The first kappa shape index (κ1) is 10.7. The van der Waals surface area contributed by atoms with Crippen LogP contribution in [0.4, 0.5) is 0 Å². The third-order valence-electron chi connectivity index (χ3n) is 1.73. The Labute approximate surface area is 91.1 Å². The Morgan fingerprint density at radius 1 is 1.38 bits per heavy atom. The number of hydrogen-bond acceptors (Lipinski definition) is 2. The number of aliphatic hydroxyl groups excluding tert-OH is 1. The molecule has 1 aromatic rings. The summed E-state index contributed by atoms with van der Waals surface area (Å²) >= 11 is 1.96. The van der Waals surface area contributed by atoms with Crippen LogP contribution in [0, 0.1) is 0 Å². The van der Waals surface area contributed by atoms with E-state index in [-0.39, 0.29) is 9.71 Å². The third-order valence-corrected chi connectivity index (χ3v) is 3.34. The van der Waals surface area contributed by atoms with Crippen LogP contribution in [0.5, 0.6) is 0 Å². The van der Waals surface area contributed by atoms with Crippen molar-refractivity contribution in [3.63, 3.8) is 0 Å². The molecule has 0 saturated carbocycles. The number of halogens is 1. The third kappa shape index (κ3) is 2.77. The molecule has 0 aliphatic heterocycles. The van der Waals surface area contributed by atoms with Gasteiger partial charge in [-0.1, -0.05) is 52.9 Å². The van der Waals surface area contributed by atoms with E-state index in [9.17, 15) is 9.90 Å². The number of ketones is 1. The predicted molar refractivity (Wildman–Crippen MR) is 60.3 cm³/mol. The monoisotopic (exact) mass is 290 g/mol. The predicted octanol–water partition coefficient (Wildman–Crippen LogP) is 2.05. The van der Waals surface area contributed by atoms with Gasteiger partial charge in [0, 0.05) is 5.56 Å². The van der Waals surface area contributed by atoms with Crippen LogP contribution >= 0.6 is 22.6 Å². The highest BCUT2D eigenvalue weighted by atomic mass is 127. The van der Waals surface area contributed by atoms with Gasteiger partial charge >= 0.3 is 0 Å². The summed E-state index contributed by atoms with van der Waals surface area (Å²) < 4.78 is -0.361. The molecule has 0 unspecified atom stereocenters. The molecule has 13 heavy (non-hydrogen) atoms. The lowest BCUT2D eigenvalue weighted by molar-refractivity contribution is 0.0927. The molecule has 0 aliphatic carbocycles. The van der Waals surface area contributed by atoms with Crippen molar-refractivity contribution in [3.05, 3.63) is 35.9 Å². The fraction of sp³-hybridized carbons (Fsp3) is 0.300. The number of benzene rings is 1. The Balaban J connectivity index is 2.80. The van der Waals surface area contributed by atoms with Crippen LogP contribution in [-0.4, -0.2) is 20.9 Å². The number of aliphatic hydroxyl groups is 1. The molecule has 0 radical (unpaired) electrons. The van der Waals surface area contributed by atoms with Gasteiger partial charge < -0.3 is 5.11 Å². The Kier molecular flexibility index (Phi) is 3.87. The molecular formula is C10H11IO2. The number of Topliss-reactive ketones (excluding diaryl/α,β-unsaturated/α-hetero) is 1. The zero-order chi connectivity index (χ0) is 9.84. The normalized spacial score (nSPS) is 15.0. The van der Waals surface area contributed by atoms with Crippen molar-refractivity contribution >= 4 is 28.4 Å². The zero-order valence-corrected chi connectivity index (χ0v) is 9.43. The maximum absolute atomic E-state index is 11.6. The minimum absolute atomic E-state index is 0.0174. The molecule has 1 N–H and O–H groups in total. The Bertz CT molecular complexity index is 282. The quantitative estimate of drug-likeness (QED) is 0.525. The van der Waals surface area contributed by atoms with E-state index in [0.29, 0.717) is 5.56 Å². The molecule has 1 rings (SSSR count). The first-order valence-corrected chi connectivity index (χ1v) is 5.29. The summed E-state index contributed by atoms with van der Waals surface area (Å²) in [5.74, 6) is -0.0174. The van der Waals surface area contributed by atoms with Gasteiger partial charge in [0.15, 0.2) is 5.78 Å². The van der Waals surface area contributed by atoms with E-state index < -0.39 is 6.10 Å². The second-order valence-corrected chi connectivity index (χ2v) is 4.21. The number of alkyl halides is 1. The van der Waals surface area contributed by atoms with Crippen molar-refractivity contribution in [1.82, 2.24) is 0 Å². The highest BCUT2D eigenvalue weighted by molar-refractivity contribution is 14.1. The molecule has 70 valence electrons. The molecule has 0 spiro atoms. The second-order valence-electron chi connectivity index (χ2n) is 2.87. The van der Waals surface area contributed by atoms with Gasteiger partial charge in [-0.15, -0.1) is 0 Å². The van der Waals surface area contributed by atoms with Gasteiger partial charge in [-0.2, -0.15) is 0 Å². The summed E-state index contributed by atoms with van der Waals surface area (Å²) in [6.07, 6.45) is -0.603. The fourth-order valence-corrected chi connectivity index (χ4v) is 1.34. The summed E-state index contributed by atoms with van der Waals surface area (Å²) in [5.41, 5.74) is 0.655. The fourth-order valence-electron chi connectivity index (χ4n) is 0.981. The molecule has 0 saturated heterocycles. The van der Waals surface area contributed by atoms with Gasteiger partial charge in [0.1, 0.15) is 0 Å². The first-order valence-electron chi connectivity index (χ1n) is 4.04. The lowest BCUT2D eigenvalue weighted by Crippen LogP contribution is -2.25. The van der Waals surface area contributed by atoms with Crippen LogP contribution in [0.25, 0.3) is 0 Å². The van der Waals surface area contributed by atoms with Crippen LogP contribution < -0.4 is 0 Å². The van der Waals surface area contributed by atoms with Gasteiger partial charge in [-0.3, -0.25) is 4.79 Å². The lowest BCUT2D eigenvalue weighted by atomic mass is 10.1. The van der Waals surface area contributed by atoms with E-state index in [1.165, 1.54) is 0 Å². The summed E-state index contributed by atoms with van der Waals surface area (Å²) in [5, 5.41) is 9.22. The van der Waals surface area contributed by atoms with E-state index in [0.717, 1.165) is 0 Å². The summed E-state index contributed by atoms with van der Waals surface area (Å²) in [6, 6.07) is 9.02. The Morgan fingerprint density at radius 3 is 2.38 bits per heavy atom. The minimum Gasteiger partial charge on any atom is -0.392 e. The number of rotatable bonds is 3. The van der Waals surface area contributed by atoms with E-state index in [1.807, 2.05) is 40.8 Å². The average Bonchev–Trinajstić information content (AvgIpc) is 2.17. The highest BCUT2D eigenvalue weighted by Crippen LogP contribution is 2.13. The lowest BCUT2D eigenvalue weighted by Gasteiger charge is -2.11. The molecule has 2 nitrogen and oxygen atoms in total. The summed E-state index contributed by atoms with van der Waals surface area (Å²) in [6.45, 7) is 1.62. The molecule has 0 aromatic heterocycles. The van der Waals surface area contributed by atoms with E-state index in [1.54, 1.807) is 19.1 Å². The zero-order valence-electron chi connectivity index (χ0n) is 7.27. The SMILES string of the molecule is C[C@H](O)[C@H](I)C(=O)c1ccccc1. The molecule has 0 amide bonds. The highest BCUT2D eigenvalue weighted by Gasteiger charge is 2.20. The van der Waals surface area contributed by atoms with Crippen molar-refractivity contribution in [2.45, 2.75) is 17.0 Å². The van der Waals surface area contributed by atoms with Crippen molar-refractivity contribution in [2.75, 3.05) is 0 Å². The Morgan fingerprint density at radius 2 is 1.92 bits per heavy atom. The van der Waals surface area contributed by atoms with E-state index in [4.69, 9.17) is 0 Å². The second kappa shape index (κ2) is 4.72. The van der Waals surface area contributed by atoms with Crippen molar-refractivity contribution in [3.8, 4) is 0 Å². The molecule has 0 bridgehead atoms. The molecule has 0 aliphatic rings. The number of carbonyl (C=O) groups excluding carboxylic acids is 1. The molecular weight excluding hydrogens is 279 g/mol. The summed E-state index contributed by atoms with van der Waals surface area (Å²) in [7, 11) is 0. The average molecular weight is 290 g/mol. The van der Waals surface area contributed by atoms with Crippen LogP contribution in [0.1, 0.15) is 17.3 Å². The maximum atomic E-state index is 11.6. The molecule has 0 heterocycles. The maximum Gasteiger partial charge on any atom is 0.178 e. The van der Waals surface area contributed by atoms with Crippen LogP contribution in [0.2, 0.25) is 0 Å². The van der Waals surface area contributed by atoms with Crippen LogP contribution in [-0.2, 0) is 0 Å². The summed E-state index contributed by atoms with van der Waals surface area (Å²) in [4.78, 5) is 11.6. The van der Waals surface area contributed by atoms with Crippen molar-refractivity contribution < 1.29 is 9.90 Å². The largest absolute Gasteiger partial charge is 0.392 e. The van der Waals surface area contributed by atoms with Gasteiger partial charge in [-0.25, -0.2) is 0 Å². The van der Waals surface area contributed by atoms with Crippen LogP contribution in [0.15, 0.2) is 30.3 Å². The standard InChI is InChI=1S/C10H11IO2/c1-7(12)9(11)10(13)8-5-3-2-4-6-8/h2-7,9,12H,1H3/t7-,9-/m0/s1. The van der Waals surface area contributed by atoms with Crippen molar-refractivity contribution in [2.24, 2.45) is 0 Å². The molecule has 3 heteroatoms. The number of hydrogen-bond donors (Lipinski definition) is 1. The topological polar surface area (TPSA) is 37.3 Å². The van der Waals surface area contributed by atoms with Gasteiger partial charge in [-0.05, 0) is 6.92 Å². The number of carbonyl (C=O) groups is 1. The molecule has 2 atom stereocenters. The van der Waals surface area contributed by atoms with Gasteiger partial charge in [0.2, 0.25) is 0 Å². The smallest absolute Gasteiger partial charge is 0.178 e. The van der Waals surface area contributed by atoms with Gasteiger partial charge in [0.05, 0.1) is 10.0 Å². The first-order chi connectivity index (χ1) is 6.13. The van der Waals surface area contributed by atoms with Crippen molar-refractivity contribution in [1.29, 1.82) is 0 Å². The van der Waals surface area contributed by atoms with Gasteiger partial charge in [0.25, 0.3) is 0 Å².